The van der Waals surface area contributed by atoms with Crippen LogP contribution < -0.4 is 5.32 Å². The zero-order chi connectivity index (χ0) is 11.3. The highest BCUT2D eigenvalue weighted by atomic mass is 16.4. The molecule has 0 aliphatic heterocycles. The number of carbonyl (C=O) groups excluding carboxylic acids is 1. The third-order valence-corrected chi connectivity index (χ3v) is 1.48. The Morgan fingerprint density at radius 3 is 2.53 bits per heavy atom. The van der Waals surface area contributed by atoms with Crippen LogP contribution >= 0.6 is 0 Å². The van der Waals surface area contributed by atoms with Gasteiger partial charge in [0.1, 0.15) is 0 Å². The van der Waals surface area contributed by atoms with Gasteiger partial charge >= 0.3 is 5.97 Å². The molecule has 78 valence electrons. The minimum absolute atomic E-state index is 0.0463. The number of carbonyl (C=O) groups is 2. The quantitative estimate of drug-likeness (QED) is 0.699. The Hall–Kier alpha value is -2.24. The van der Waals surface area contributed by atoms with Gasteiger partial charge in [0.2, 0.25) is 5.95 Å². The van der Waals surface area contributed by atoms with Crippen molar-refractivity contribution in [2.24, 2.45) is 0 Å². The fourth-order valence-corrected chi connectivity index (χ4v) is 0.816. The summed E-state index contributed by atoms with van der Waals surface area (Å²) in [6, 6.07) is 1.60. The van der Waals surface area contributed by atoms with E-state index in [4.69, 9.17) is 5.11 Å². The van der Waals surface area contributed by atoms with Crippen molar-refractivity contribution in [1.82, 2.24) is 9.97 Å². The minimum atomic E-state index is -1.11. The van der Waals surface area contributed by atoms with Crippen LogP contribution in [0, 0.1) is 0 Å². The van der Waals surface area contributed by atoms with E-state index in [9.17, 15) is 9.59 Å². The predicted octanol–water partition coefficient (Wildman–Crippen LogP) is 0.446. The largest absolute Gasteiger partial charge is 0.481 e. The fraction of sp³-hybridized carbons (Fsp3) is 0.111. The number of nitrogens with one attached hydrogen (secondary N) is 1. The molecule has 1 heterocycles. The SMILES string of the molecule is C=C(CC(=O)O)C(=O)Nc1ncccn1. The molecule has 1 aromatic rings. The molecule has 2 N–H and O–H groups in total. The number of rotatable bonds is 4. The molecule has 0 atom stereocenters. The first-order chi connectivity index (χ1) is 7.09. The van der Waals surface area contributed by atoms with Crippen molar-refractivity contribution < 1.29 is 14.7 Å². The van der Waals surface area contributed by atoms with E-state index in [2.05, 4.69) is 21.9 Å². The van der Waals surface area contributed by atoms with Crippen LogP contribution in [0.15, 0.2) is 30.6 Å². The second-order valence-electron chi connectivity index (χ2n) is 2.70. The number of hydrogen-bond acceptors (Lipinski definition) is 4. The van der Waals surface area contributed by atoms with Crippen LogP contribution in [0.3, 0.4) is 0 Å². The zero-order valence-electron chi connectivity index (χ0n) is 7.80. The normalized spacial score (nSPS) is 9.33. The highest BCUT2D eigenvalue weighted by Gasteiger charge is 2.11. The number of carboxylic acid groups (broad SMARTS) is 1. The Morgan fingerprint density at radius 1 is 1.40 bits per heavy atom. The molecule has 6 nitrogen and oxygen atoms in total. The van der Waals surface area contributed by atoms with Gasteiger partial charge in [-0.3, -0.25) is 14.9 Å². The van der Waals surface area contributed by atoms with E-state index >= 15 is 0 Å². The van der Waals surface area contributed by atoms with Crippen LogP contribution in [0.25, 0.3) is 0 Å². The van der Waals surface area contributed by atoms with E-state index < -0.39 is 18.3 Å². The van der Waals surface area contributed by atoms with Crippen LogP contribution in [-0.2, 0) is 9.59 Å². The van der Waals surface area contributed by atoms with Crippen LogP contribution in [-0.4, -0.2) is 27.0 Å². The second kappa shape index (κ2) is 4.85. The molecular formula is C9H9N3O3. The monoisotopic (exact) mass is 207 g/mol. The van der Waals surface area contributed by atoms with Crippen molar-refractivity contribution >= 4 is 17.8 Å². The number of aliphatic carboxylic acids is 1. The van der Waals surface area contributed by atoms with Gasteiger partial charge in [0.15, 0.2) is 0 Å². The molecule has 0 spiro atoms. The minimum Gasteiger partial charge on any atom is -0.481 e. The van der Waals surface area contributed by atoms with Crippen LogP contribution in [0.4, 0.5) is 5.95 Å². The van der Waals surface area contributed by atoms with Gasteiger partial charge in [0, 0.05) is 18.0 Å². The molecule has 0 radical (unpaired) electrons. The van der Waals surface area contributed by atoms with Gasteiger partial charge in [0.05, 0.1) is 6.42 Å². The van der Waals surface area contributed by atoms with Crippen molar-refractivity contribution in [3.8, 4) is 0 Å². The van der Waals surface area contributed by atoms with Gasteiger partial charge in [-0.15, -0.1) is 0 Å². The molecule has 0 aromatic carbocycles. The van der Waals surface area contributed by atoms with Gasteiger partial charge in [-0.2, -0.15) is 0 Å². The summed E-state index contributed by atoms with van der Waals surface area (Å²) >= 11 is 0. The van der Waals surface area contributed by atoms with E-state index in [0.29, 0.717) is 0 Å². The summed E-state index contributed by atoms with van der Waals surface area (Å²) in [6.45, 7) is 3.34. The maximum absolute atomic E-state index is 11.3. The lowest BCUT2D eigenvalue weighted by Crippen LogP contribution is -2.17. The lowest BCUT2D eigenvalue weighted by Gasteiger charge is -2.03. The van der Waals surface area contributed by atoms with Crippen molar-refractivity contribution in [3.63, 3.8) is 0 Å². The van der Waals surface area contributed by atoms with Crippen molar-refractivity contribution in [2.75, 3.05) is 5.32 Å². The average molecular weight is 207 g/mol. The number of hydrogen-bond donors (Lipinski definition) is 2. The molecule has 0 unspecified atom stereocenters. The van der Waals surface area contributed by atoms with E-state index in [1.54, 1.807) is 6.07 Å². The summed E-state index contributed by atoms with van der Waals surface area (Å²) in [5, 5.41) is 10.7. The topological polar surface area (TPSA) is 92.2 Å². The average Bonchev–Trinajstić information content (AvgIpc) is 2.18. The van der Waals surface area contributed by atoms with Crippen LogP contribution in [0.1, 0.15) is 6.42 Å². The number of carboxylic acids is 1. The molecule has 0 aliphatic rings. The summed E-state index contributed by atoms with van der Waals surface area (Å²) < 4.78 is 0. The maximum atomic E-state index is 11.3. The predicted molar refractivity (Wildman–Crippen MR) is 52.1 cm³/mol. The lowest BCUT2D eigenvalue weighted by atomic mass is 10.2. The molecule has 6 heteroatoms. The summed E-state index contributed by atoms with van der Waals surface area (Å²) in [5.41, 5.74) is -0.0463. The van der Waals surface area contributed by atoms with E-state index in [0.717, 1.165) is 0 Å². The molecule has 0 bridgehead atoms. The lowest BCUT2D eigenvalue weighted by molar-refractivity contribution is -0.136. The third kappa shape index (κ3) is 3.55. The van der Waals surface area contributed by atoms with E-state index in [1.165, 1.54) is 12.4 Å². The van der Waals surface area contributed by atoms with Gasteiger partial charge in [-0.1, -0.05) is 6.58 Å². The Kier molecular flexibility index (Phi) is 3.50. The third-order valence-electron chi connectivity index (χ3n) is 1.48. The zero-order valence-corrected chi connectivity index (χ0v) is 7.80. The van der Waals surface area contributed by atoms with Gasteiger partial charge < -0.3 is 5.11 Å². The molecule has 0 aliphatic carbocycles. The molecule has 1 rings (SSSR count). The first kappa shape index (κ1) is 10.8. The summed E-state index contributed by atoms with van der Waals surface area (Å²) in [5.74, 6) is -1.58. The van der Waals surface area contributed by atoms with Gasteiger partial charge in [-0.25, -0.2) is 9.97 Å². The van der Waals surface area contributed by atoms with Crippen molar-refractivity contribution in [2.45, 2.75) is 6.42 Å². The number of nitrogens with zero attached hydrogens (tertiary/aromatic N) is 2. The van der Waals surface area contributed by atoms with Gasteiger partial charge in [-0.05, 0) is 6.07 Å². The molecule has 1 aromatic heterocycles. The molecule has 15 heavy (non-hydrogen) atoms. The maximum Gasteiger partial charge on any atom is 0.308 e. The highest BCUT2D eigenvalue weighted by Crippen LogP contribution is 2.02. The fourth-order valence-electron chi connectivity index (χ4n) is 0.816. The van der Waals surface area contributed by atoms with E-state index in [-0.39, 0.29) is 11.5 Å². The standard InChI is InChI=1S/C9H9N3O3/c1-6(5-7(13)14)8(15)12-9-10-3-2-4-11-9/h2-4H,1,5H2,(H,13,14)(H,10,11,12,15). The second-order valence-corrected chi connectivity index (χ2v) is 2.70. The molecule has 0 fully saturated rings. The highest BCUT2D eigenvalue weighted by molar-refractivity contribution is 6.04. The van der Waals surface area contributed by atoms with Crippen molar-refractivity contribution in [3.05, 3.63) is 30.6 Å². The van der Waals surface area contributed by atoms with Gasteiger partial charge in [0.25, 0.3) is 5.91 Å². The van der Waals surface area contributed by atoms with Crippen LogP contribution in [0.5, 0.6) is 0 Å². The molecule has 1 amide bonds. The molecular weight excluding hydrogens is 198 g/mol. The Bertz CT molecular complexity index is 389. The summed E-state index contributed by atoms with van der Waals surface area (Å²) in [4.78, 5) is 29.1. The number of aromatic nitrogens is 2. The van der Waals surface area contributed by atoms with Crippen molar-refractivity contribution in [1.29, 1.82) is 0 Å². The van der Waals surface area contributed by atoms with Crippen LogP contribution in [0.2, 0.25) is 0 Å². The Morgan fingerprint density at radius 2 is 2.00 bits per heavy atom. The summed E-state index contributed by atoms with van der Waals surface area (Å²) in [7, 11) is 0. The first-order valence-corrected chi connectivity index (χ1v) is 4.07. The Balaban J connectivity index is 2.56. The smallest absolute Gasteiger partial charge is 0.308 e. The van der Waals surface area contributed by atoms with E-state index in [1.807, 2.05) is 0 Å². The molecule has 0 saturated carbocycles. The number of amides is 1. The summed E-state index contributed by atoms with van der Waals surface area (Å²) in [6.07, 6.45) is 2.52. The Labute approximate surface area is 85.7 Å². The number of anilines is 1. The first-order valence-electron chi connectivity index (χ1n) is 4.07. The molecule has 0 saturated heterocycles.